The van der Waals surface area contributed by atoms with E-state index in [1.807, 2.05) is 4.40 Å². The zero-order chi connectivity index (χ0) is 18.5. The molecule has 8 nitrogen and oxygen atoms in total. The highest BCUT2D eigenvalue weighted by molar-refractivity contribution is 7.99. The van der Waals surface area contributed by atoms with E-state index in [9.17, 15) is 4.79 Å². The lowest BCUT2D eigenvalue weighted by molar-refractivity contribution is -0.139. The van der Waals surface area contributed by atoms with E-state index < -0.39 is 0 Å². The quantitative estimate of drug-likeness (QED) is 0.383. The molecule has 0 saturated heterocycles. The van der Waals surface area contributed by atoms with Crippen molar-refractivity contribution in [3.8, 4) is 0 Å². The Balaban J connectivity index is 1.76. The second-order valence-corrected chi connectivity index (χ2v) is 8.65. The fraction of sp³-hybridized carbons (Fsp3) is 0.471. The first kappa shape index (κ1) is 16.9. The van der Waals surface area contributed by atoms with Gasteiger partial charge in [0.1, 0.15) is 11.2 Å². The van der Waals surface area contributed by atoms with Crippen molar-refractivity contribution >= 4 is 50.7 Å². The van der Waals surface area contributed by atoms with Gasteiger partial charge in [0, 0.05) is 4.88 Å². The molecular formula is C17H18N6O2S2. The molecule has 0 bridgehead atoms. The van der Waals surface area contributed by atoms with Gasteiger partial charge >= 0.3 is 5.97 Å². The third-order valence-corrected chi connectivity index (χ3v) is 7.09. The van der Waals surface area contributed by atoms with Crippen LogP contribution < -0.4 is 0 Å². The molecule has 5 rings (SSSR count). The maximum atomic E-state index is 11.8. The van der Waals surface area contributed by atoms with Gasteiger partial charge in [0.05, 0.1) is 17.7 Å². The Morgan fingerprint density at radius 1 is 1.44 bits per heavy atom. The summed E-state index contributed by atoms with van der Waals surface area (Å²) in [5.74, 6) is 1.06. The molecule has 0 spiro atoms. The molecule has 1 atom stereocenters. The second kappa shape index (κ2) is 6.45. The molecule has 4 heterocycles. The minimum Gasteiger partial charge on any atom is -0.465 e. The number of thioether (sulfide) groups is 1. The van der Waals surface area contributed by atoms with Gasteiger partial charge in [0.2, 0.25) is 0 Å². The topological polar surface area (TPSA) is 86.7 Å². The average molecular weight is 403 g/mol. The number of carbonyl (C=O) groups is 1. The van der Waals surface area contributed by atoms with Gasteiger partial charge in [-0.2, -0.15) is 9.61 Å². The molecule has 140 valence electrons. The van der Waals surface area contributed by atoms with E-state index in [2.05, 4.69) is 27.2 Å². The Bertz CT molecular complexity index is 1180. The van der Waals surface area contributed by atoms with Gasteiger partial charge < -0.3 is 4.74 Å². The number of ether oxygens (including phenoxy) is 1. The number of nitrogens with zero attached hydrogens (tertiary/aromatic N) is 6. The van der Waals surface area contributed by atoms with E-state index in [4.69, 9.17) is 4.74 Å². The van der Waals surface area contributed by atoms with Crippen LogP contribution in [0.25, 0.3) is 21.6 Å². The normalized spacial score (nSPS) is 17.0. The van der Waals surface area contributed by atoms with Gasteiger partial charge in [0.25, 0.3) is 5.78 Å². The fourth-order valence-electron chi connectivity index (χ4n) is 3.83. The van der Waals surface area contributed by atoms with Crippen LogP contribution in [0.2, 0.25) is 0 Å². The van der Waals surface area contributed by atoms with Crippen LogP contribution in [0.4, 0.5) is 0 Å². The number of carbonyl (C=O) groups excluding carboxylic acids is 1. The molecule has 4 aromatic rings. The number of fused-ring (bicyclic) bond motifs is 8. The van der Waals surface area contributed by atoms with Crippen LogP contribution in [0, 0.1) is 0 Å². The molecule has 0 radical (unpaired) electrons. The lowest BCUT2D eigenvalue weighted by Gasteiger charge is -2.18. The van der Waals surface area contributed by atoms with Crippen LogP contribution in [0.15, 0.2) is 11.5 Å². The fourth-order valence-corrected chi connectivity index (χ4v) is 6.07. The molecule has 0 N–H and O–H groups in total. The van der Waals surface area contributed by atoms with E-state index in [0.29, 0.717) is 23.5 Å². The van der Waals surface area contributed by atoms with Crippen molar-refractivity contribution in [2.45, 2.75) is 44.2 Å². The third kappa shape index (κ3) is 2.53. The van der Waals surface area contributed by atoms with E-state index >= 15 is 0 Å². The van der Waals surface area contributed by atoms with Gasteiger partial charge in [-0.3, -0.25) is 4.79 Å². The summed E-state index contributed by atoms with van der Waals surface area (Å²) in [7, 11) is 0. The van der Waals surface area contributed by atoms with Crippen molar-refractivity contribution in [1.82, 2.24) is 29.2 Å². The molecule has 1 aliphatic rings. The van der Waals surface area contributed by atoms with E-state index in [1.54, 1.807) is 29.1 Å². The standard InChI is InChI=1S/C17H18N6O2S2/c1-3-25-11(24)7-26-17-21-20-16-22(17)15-13(14-18-8-19-23(14)16)12-9(2)5-4-6-10(12)27-15/h8-9H,3-7H2,1-2H3/t9-/m0/s1. The van der Waals surface area contributed by atoms with Crippen LogP contribution in [0.3, 0.4) is 0 Å². The van der Waals surface area contributed by atoms with Crippen LogP contribution in [0.5, 0.6) is 0 Å². The predicted molar refractivity (Wildman–Crippen MR) is 104 cm³/mol. The molecule has 0 saturated carbocycles. The van der Waals surface area contributed by atoms with Crippen molar-refractivity contribution < 1.29 is 9.53 Å². The van der Waals surface area contributed by atoms with Gasteiger partial charge in [0.15, 0.2) is 10.8 Å². The highest BCUT2D eigenvalue weighted by Crippen LogP contribution is 2.44. The van der Waals surface area contributed by atoms with Crippen LogP contribution in [-0.2, 0) is 16.0 Å². The Kier molecular flexibility index (Phi) is 4.05. The smallest absolute Gasteiger partial charge is 0.316 e. The first-order valence-corrected chi connectivity index (χ1v) is 10.8. The van der Waals surface area contributed by atoms with Crippen LogP contribution >= 0.6 is 23.1 Å². The number of rotatable bonds is 4. The van der Waals surface area contributed by atoms with Gasteiger partial charge in [-0.15, -0.1) is 21.5 Å². The zero-order valence-corrected chi connectivity index (χ0v) is 16.6. The molecule has 1 aliphatic carbocycles. The molecule has 10 heteroatoms. The third-order valence-electron chi connectivity index (χ3n) is 4.94. The van der Waals surface area contributed by atoms with Crippen LogP contribution in [-0.4, -0.2) is 47.5 Å². The van der Waals surface area contributed by atoms with Crippen molar-refractivity contribution in [3.63, 3.8) is 0 Å². The number of aryl methyl sites for hydroxylation is 1. The Hall–Kier alpha value is -2.20. The minimum atomic E-state index is -0.253. The predicted octanol–water partition coefficient (Wildman–Crippen LogP) is 3.08. The highest BCUT2D eigenvalue weighted by atomic mass is 32.2. The minimum absolute atomic E-state index is 0.201. The summed E-state index contributed by atoms with van der Waals surface area (Å²) in [4.78, 5) is 18.8. The largest absolute Gasteiger partial charge is 0.465 e. The number of thiophene rings is 1. The van der Waals surface area contributed by atoms with Crippen molar-refractivity contribution in [3.05, 3.63) is 16.8 Å². The summed E-state index contributed by atoms with van der Waals surface area (Å²) in [6, 6.07) is 0. The monoisotopic (exact) mass is 402 g/mol. The summed E-state index contributed by atoms with van der Waals surface area (Å²) < 4.78 is 8.79. The van der Waals surface area contributed by atoms with Crippen molar-refractivity contribution in [1.29, 1.82) is 0 Å². The van der Waals surface area contributed by atoms with E-state index in [1.165, 1.54) is 35.0 Å². The number of aromatic nitrogens is 6. The Morgan fingerprint density at radius 3 is 3.19 bits per heavy atom. The molecular weight excluding hydrogens is 384 g/mol. The van der Waals surface area contributed by atoms with E-state index in [0.717, 1.165) is 22.3 Å². The lowest BCUT2D eigenvalue weighted by atomic mass is 9.87. The first-order chi connectivity index (χ1) is 13.2. The summed E-state index contributed by atoms with van der Waals surface area (Å²) in [6.45, 7) is 4.46. The second-order valence-electron chi connectivity index (χ2n) is 6.62. The molecule has 0 amide bonds. The SMILES string of the molecule is CCOC(=O)CSc1nnc2n3ncnc3c3c4c(sc3n12)CCC[C@@H]4C. The Labute approximate surface area is 162 Å². The molecule has 0 fully saturated rings. The van der Waals surface area contributed by atoms with E-state index in [-0.39, 0.29) is 11.7 Å². The highest BCUT2D eigenvalue weighted by Gasteiger charge is 2.27. The summed E-state index contributed by atoms with van der Waals surface area (Å²) in [5.41, 5.74) is 2.22. The average Bonchev–Trinajstić information content (AvgIpc) is 3.35. The van der Waals surface area contributed by atoms with Crippen LogP contribution in [0.1, 0.15) is 43.0 Å². The molecule has 0 aromatic carbocycles. The lowest BCUT2D eigenvalue weighted by Crippen LogP contribution is -2.07. The number of hydrogen-bond donors (Lipinski definition) is 0. The van der Waals surface area contributed by atoms with Gasteiger partial charge in [-0.25, -0.2) is 9.38 Å². The van der Waals surface area contributed by atoms with Crippen molar-refractivity contribution in [2.75, 3.05) is 12.4 Å². The van der Waals surface area contributed by atoms with Gasteiger partial charge in [-0.05, 0) is 37.7 Å². The molecule has 27 heavy (non-hydrogen) atoms. The maximum absolute atomic E-state index is 11.8. The maximum Gasteiger partial charge on any atom is 0.316 e. The Morgan fingerprint density at radius 2 is 2.33 bits per heavy atom. The summed E-state index contributed by atoms with van der Waals surface area (Å²) >= 11 is 3.12. The number of esters is 1. The summed E-state index contributed by atoms with van der Waals surface area (Å²) in [5, 5.41) is 14.8. The van der Waals surface area contributed by atoms with Gasteiger partial charge in [-0.1, -0.05) is 18.7 Å². The molecule has 0 aliphatic heterocycles. The zero-order valence-electron chi connectivity index (χ0n) is 15.0. The molecule has 0 unspecified atom stereocenters. The first-order valence-electron chi connectivity index (χ1n) is 8.99. The summed E-state index contributed by atoms with van der Waals surface area (Å²) in [6.07, 6.45) is 5.05. The van der Waals surface area contributed by atoms with Crippen molar-refractivity contribution in [2.24, 2.45) is 0 Å². The number of hydrogen-bond acceptors (Lipinski definition) is 8. The molecule has 4 aromatic heterocycles.